The molecule has 0 aliphatic rings. The molecule has 0 bridgehead atoms. The molecule has 1 rings (SSSR count). The summed E-state index contributed by atoms with van der Waals surface area (Å²) in [5.41, 5.74) is 6.02. The summed E-state index contributed by atoms with van der Waals surface area (Å²) < 4.78 is 31.1. The minimum atomic E-state index is -0.863. The van der Waals surface area contributed by atoms with Gasteiger partial charge in [0.2, 0.25) is 0 Å². The first kappa shape index (κ1) is 14.6. The number of hydrogen-bond acceptors (Lipinski definition) is 3. The Kier molecular flexibility index (Phi) is 4.78. The van der Waals surface area contributed by atoms with E-state index in [-0.39, 0.29) is 11.5 Å². The molecule has 0 saturated carbocycles. The molecule has 2 N–H and O–H groups in total. The number of benzene rings is 1. The van der Waals surface area contributed by atoms with Gasteiger partial charge in [-0.1, -0.05) is 19.9 Å². The van der Waals surface area contributed by atoms with Gasteiger partial charge in [-0.05, 0) is 12.0 Å². The molecule has 0 aromatic heterocycles. The lowest BCUT2D eigenvalue weighted by molar-refractivity contribution is -0.148. The number of carbonyl (C=O) groups is 1. The smallest absolute Gasteiger partial charge is 0.310 e. The van der Waals surface area contributed by atoms with Crippen LogP contribution in [0.25, 0.3) is 0 Å². The molecule has 100 valence electrons. The Hall–Kier alpha value is -1.49. The summed E-state index contributed by atoms with van der Waals surface area (Å²) in [6.07, 6.45) is 0. The molecule has 0 aliphatic heterocycles. The molecule has 3 nitrogen and oxygen atoms in total. The average Bonchev–Trinajstić information content (AvgIpc) is 2.28. The molecule has 1 aromatic rings. The zero-order valence-corrected chi connectivity index (χ0v) is 10.6. The SMILES string of the molecule is COC(=O)C(C(C)C)C(N)c1ccc(F)cc1F. The van der Waals surface area contributed by atoms with Crippen molar-refractivity contribution in [3.05, 3.63) is 35.4 Å². The lowest BCUT2D eigenvalue weighted by atomic mass is 9.85. The van der Waals surface area contributed by atoms with Gasteiger partial charge < -0.3 is 10.5 Å². The summed E-state index contributed by atoms with van der Waals surface area (Å²) in [6.45, 7) is 3.59. The average molecular weight is 257 g/mol. The second-order valence-electron chi connectivity index (χ2n) is 4.48. The van der Waals surface area contributed by atoms with Crippen LogP contribution in [0.3, 0.4) is 0 Å². The van der Waals surface area contributed by atoms with E-state index < -0.39 is 29.6 Å². The first-order valence-corrected chi connectivity index (χ1v) is 5.66. The highest BCUT2D eigenvalue weighted by molar-refractivity contribution is 5.73. The molecular weight excluding hydrogens is 240 g/mol. The molecule has 0 spiro atoms. The van der Waals surface area contributed by atoms with Crippen molar-refractivity contribution in [1.29, 1.82) is 0 Å². The van der Waals surface area contributed by atoms with E-state index in [0.29, 0.717) is 0 Å². The van der Waals surface area contributed by atoms with E-state index in [1.165, 1.54) is 13.2 Å². The molecule has 0 heterocycles. The van der Waals surface area contributed by atoms with Crippen molar-refractivity contribution in [3.63, 3.8) is 0 Å². The van der Waals surface area contributed by atoms with E-state index in [1.54, 1.807) is 13.8 Å². The minimum absolute atomic E-state index is 0.112. The topological polar surface area (TPSA) is 52.3 Å². The molecule has 2 unspecified atom stereocenters. The van der Waals surface area contributed by atoms with Crippen LogP contribution < -0.4 is 5.73 Å². The Morgan fingerprint density at radius 3 is 2.39 bits per heavy atom. The molecule has 5 heteroatoms. The third kappa shape index (κ3) is 3.04. The Bertz CT molecular complexity index is 435. The van der Waals surface area contributed by atoms with E-state index in [0.717, 1.165) is 12.1 Å². The van der Waals surface area contributed by atoms with Gasteiger partial charge >= 0.3 is 5.97 Å². The number of halogens is 2. The van der Waals surface area contributed by atoms with Crippen LogP contribution in [0, 0.1) is 23.5 Å². The number of hydrogen-bond donors (Lipinski definition) is 1. The molecule has 0 saturated heterocycles. The summed E-state index contributed by atoms with van der Waals surface area (Å²) in [7, 11) is 1.26. The number of nitrogens with two attached hydrogens (primary N) is 1. The lowest BCUT2D eigenvalue weighted by Gasteiger charge is -2.25. The van der Waals surface area contributed by atoms with E-state index in [1.807, 2.05) is 0 Å². The maximum atomic E-state index is 13.6. The van der Waals surface area contributed by atoms with Gasteiger partial charge in [0.05, 0.1) is 13.0 Å². The van der Waals surface area contributed by atoms with Gasteiger partial charge in [-0.3, -0.25) is 4.79 Å². The molecule has 18 heavy (non-hydrogen) atoms. The zero-order valence-electron chi connectivity index (χ0n) is 10.6. The van der Waals surface area contributed by atoms with Crippen molar-refractivity contribution >= 4 is 5.97 Å². The van der Waals surface area contributed by atoms with Crippen LogP contribution in [0.1, 0.15) is 25.5 Å². The van der Waals surface area contributed by atoms with Crippen LogP contribution in [-0.4, -0.2) is 13.1 Å². The number of ether oxygens (including phenoxy) is 1. The van der Waals surface area contributed by atoms with E-state index in [9.17, 15) is 13.6 Å². The van der Waals surface area contributed by atoms with Gasteiger partial charge in [-0.2, -0.15) is 0 Å². The molecule has 0 aliphatic carbocycles. The largest absolute Gasteiger partial charge is 0.469 e. The number of esters is 1. The van der Waals surface area contributed by atoms with Gasteiger partial charge in [0.25, 0.3) is 0 Å². The lowest BCUT2D eigenvalue weighted by Crippen LogP contribution is -2.33. The zero-order chi connectivity index (χ0) is 13.9. The van der Waals surface area contributed by atoms with Gasteiger partial charge in [0.1, 0.15) is 11.6 Å². The van der Waals surface area contributed by atoms with Crippen LogP contribution in [-0.2, 0) is 9.53 Å². The molecule has 0 amide bonds. The Labute approximate surface area is 105 Å². The summed E-state index contributed by atoms with van der Waals surface area (Å²) in [5.74, 6) is -2.72. The predicted molar refractivity (Wildman–Crippen MR) is 63.6 cm³/mol. The summed E-state index contributed by atoms with van der Waals surface area (Å²) in [6, 6.07) is 2.27. The number of methoxy groups -OCH3 is 1. The van der Waals surface area contributed by atoms with E-state index >= 15 is 0 Å². The van der Waals surface area contributed by atoms with Crippen molar-refractivity contribution in [2.45, 2.75) is 19.9 Å². The fourth-order valence-electron chi connectivity index (χ4n) is 1.93. The van der Waals surface area contributed by atoms with Crippen LogP contribution in [0.15, 0.2) is 18.2 Å². The Morgan fingerprint density at radius 2 is 1.94 bits per heavy atom. The van der Waals surface area contributed by atoms with Crippen LogP contribution >= 0.6 is 0 Å². The molecule has 0 radical (unpaired) electrons. The first-order chi connectivity index (χ1) is 8.38. The normalized spacial score (nSPS) is 14.4. The monoisotopic (exact) mass is 257 g/mol. The second kappa shape index (κ2) is 5.91. The molecule has 1 aromatic carbocycles. The minimum Gasteiger partial charge on any atom is -0.469 e. The standard InChI is InChI=1S/C13H17F2NO2/c1-7(2)11(13(17)18-3)12(16)9-5-4-8(14)6-10(9)15/h4-7,11-12H,16H2,1-3H3. The summed E-state index contributed by atoms with van der Waals surface area (Å²) in [5, 5.41) is 0. The Morgan fingerprint density at radius 1 is 1.33 bits per heavy atom. The van der Waals surface area contributed by atoms with Crippen molar-refractivity contribution in [2.75, 3.05) is 7.11 Å². The van der Waals surface area contributed by atoms with Gasteiger partial charge in [0.15, 0.2) is 0 Å². The maximum absolute atomic E-state index is 13.6. The number of rotatable bonds is 4. The fourth-order valence-corrected chi connectivity index (χ4v) is 1.93. The molecule has 0 fully saturated rings. The van der Waals surface area contributed by atoms with Gasteiger partial charge in [0, 0.05) is 17.7 Å². The van der Waals surface area contributed by atoms with E-state index in [4.69, 9.17) is 5.73 Å². The highest BCUT2D eigenvalue weighted by atomic mass is 19.1. The quantitative estimate of drug-likeness (QED) is 0.843. The van der Waals surface area contributed by atoms with E-state index in [2.05, 4.69) is 4.74 Å². The van der Waals surface area contributed by atoms with Crippen LogP contribution in [0.4, 0.5) is 8.78 Å². The predicted octanol–water partition coefficient (Wildman–Crippen LogP) is 2.41. The summed E-state index contributed by atoms with van der Waals surface area (Å²) >= 11 is 0. The fraction of sp³-hybridized carbons (Fsp3) is 0.462. The first-order valence-electron chi connectivity index (χ1n) is 5.66. The third-order valence-electron chi connectivity index (χ3n) is 2.90. The van der Waals surface area contributed by atoms with Crippen LogP contribution in [0.2, 0.25) is 0 Å². The molecule has 2 atom stereocenters. The second-order valence-corrected chi connectivity index (χ2v) is 4.48. The summed E-state index contributed by atoms with van der Waals surface area (Å²) in [4.78, 5) is 11.6. The van der Waals surface area contributed by atoms with Crippen molar-refractivity contribution in [3.8, 4) is 0 Å². The van der Waals surface area contributed by atoms with Crippen LogP contribution in [0.5, 0.6) is 0 Å². The highest BCUT2D eigenvalue weighted by Gasteiger charge is 2.32. The number of carbonyl (C=O) groups excluding carboxylic acids is 1. The third-order valence-corrected chi connectivity index (χ3v) is 2.90. The van der Waals surface area contributed by atoms with Gasteiger partial charge in [-0.25, -0.2) is 8.78 Å². The van der Waals surface area contributed by atoms with Crippen molar-refractivity contribution in [2.24, 2.45) is 17.6 Å². The maximum Gasteiger partial charge on any atom is 0.310 e. The molecular formula is C13H17F2NO2. The van der Waals surface area contributed by atoms with Crippen molar-refractivity contribution in [1.82, 2.24) is 0 Å². The highest BCUT2D eigenvalue weighted by Crippen LogP contribution is 2.29. The van der Waals surface area contributed by atoms with Gasteiger partial charge in [-0.15, -0.1) is 0 Å². The Balaban J connectivity index is 3.09. The van der Waals surface area contributed by atoms with Crippen molar-refractivity contribution < 1.29 is 18.3 Å².